The highest BCUT2D eigenvalue weighted by Crippen LogP contribution is 2.18. The first-order chi connectivity index (χ1) is 16.1. The number of nitrogens with zero attached hydrogens (tertiary/aromatic N) is 1. The summed E-state index contributed by atoms with van der Waals surface area (Å²) in [6, 6.07) is 24.3. The van der Waals surface area contributed by atoms with Gasteiger partial charge in [-0.1, -0.05) is 42.5 Å². The lowest BCUT2D eigenvalue weighted by molar-refractivity contribution is -0.124. The summed E-state index contributed by atoms with van der Waals surface area (Å²) in [6.07, 6.45) is 1.59. The first-order valence-corrected chi connectivity index (χ1v) is 10.7. The lowest BCUT2D eigenvalue weighted by atomic mass is 10.2. The highest BCUT2D eigenvalue weighted by atomic mass is 16.5. The van der Waals surface area contributed by atoms with Crippen molar-refractivity contribution in [3.8, 4) is 11.5 Å². The Balaban J connectivity index is 1.43. The second kappa shape index (κ2) is 12.7. The lowest BCUT2D eigenvalue weighted by Crippen LogP contribution is -2.20. The molecular formula is C26H27N3O4. The molecule has 0 aliphatic rings. The van der Waals surface area contributed by atoms with E-state index in [9.17, 15) is 9.59 Å². The normalized spacial score (nSPS) is 10.6. The molecule has 0 saturated carbocycles. The molecule has 3 aromatic rings. The highest BCUT2D eigenvalue weighted by Gasteiger charge is 2.07. The van der Waals surface area contributed by atoms with Gasteiger partial charge in [0.1, 0.15) is 18.1 Å². The fraction of sp³-hybridized carbons (Fsp3) is 0.192. The molecule has 2 N–H and O–H groups in total. The third kappa shape index (κ3) is 8.14. The number of anilines is 1. The van der Waals surface area contributed by atoms with E-state index >= 15 is 0 Å². The minimum Gasteiger partial charge on any atom is -0.494 e. The number of hydrogen-bond acceptors (Lipinski definition) is 5. The molecule has 7 heteroatoms. The average molecular weight is 446 g/mol. The largest absolute Gasteiger partial charge is 0.494 e. The summed E-state index contributed by atoms with van der Waals surface area (Å²) in [5.74, 6) is 0.794. The Labute approximate surface area is 193 Å². The summed E-state index contributed by atoms with van der Waals surface area (Å²) in [5.41, 5.74) is 4.89. The molecule has 0 aliphatic carbocycles. The molecule has 0 aromatic heterocycles. The smallest absolute Gasteiger partial charge is 0.240 e. The van der Waals surface area contributed by atoms with Crippen LogP contribution in [0.1, 0.15) is 30.9 Å². The molecule has 0 unspecified atom stereocenters. The van der Waals surface area contributed by atoms with Crippen molar-refractivity contribution in [2.45, 2.75) is 26.4 Å². The first kappa shape index (κ1) is 23.5. The van der Waals surface area contributed by atoms with Crippen LogP contribution in [-0.2, 0) is 16.2 Å². The van der Waals surface area contributed by atoms with E-state index in [-0.39, 0.29) is 24.7 Å². The summed E-state index contributed by atoms with van der Waals surface area (Å²) in [6.45, 7) is 2.92. The maximum absolute atomic E-state index is 12.1. The van der Waals surface area contributed by atoms with E-state index in [0.717, 1.165) is 16.9 Å². The van der Waals surface area contributed by atoms with Crippen molar-refractivity contribution >= 4 is 23.7 Å². The van der Waals surface area contributed by atoms with Gasteiger partial charge in [0, 0.05) is 24.1 Å². The van der Waals surface area contributed by atoms with E-state index in [0.29, 0.717) is 24.7 Å². The van der Waals surface area contributed by atoms with E-state index < -0.39 is 0 Å². The van der Waals surface area contributed by atoms with Crippen LogP contribution in [0.4, 0.5) is 5.69 Å². The van der Waals surface area contributed by atoms with Gasteiger partial charge in [-0.2, -0.15) is 5.10 Å². The van der Waals surface area contributed by atoms with Gasteiger partial charge in [-0.3, -0.25) is 9.59 Å². The second-order valence-electron chi connectivity index (χ2n) is 7.11. The lowest BCUT2D eigenvalue weighted by Gasteiger charge is -2.09. The minimum atomic E-state index is -0.351. The minimum absolute atomic E-state index is 0.0202. The van der Waals surface area contributed by atoms with E-state index in [1.165, 1.54) is 6.21 Å². The molecule has 0 saturated heterocycles. The SMILES string of the molecule is CCOc1ccc(NC(=O)CCC(=O)N/N=C/c2ccccc2OCc2ccccc2)cc1. The number of benzene rings is 3. The number of carbonyl (C=O) groups is 2. The maximum Gasteiger partial charge on any atom is 0.240 e. The molecular weight excluding hydrogens is 418 g/mol. The quantitative estimate of drug-likeness (QED) is 0.335. The predicted molar refractivity (Wildman–Crippen MR) is 128 cm³/mol. The van der Waals surface area contributed by atoms with Gasteiger partial charge in [0.05, 0.1) is 12.8 Å². The van der Waals surface area contributed by atoms with Crippen LogP contribution in [0.2, 0.25) is 0 Å². The zero-order chi connectivity index (χ0) is 23.3. The molecule has 0 aliphatic heterocycles. The van der Waals surface area contributed by atoms with Gasteiger partial charge >= 0.3 is 0 Å². The van der Waals surface area contributed by atoms with Crippen LogP contribution in [0.5, 0.6) is 11.5 Å². The molecule has 0 bridgehead atoms. The summed E-state index contributed by atoms with van der Waals surface area (Å²) >= 11 is 0. The molecule has 3 aromatic carbocycles. The van der Waals surface area contributed by atoms with Crippen LogP contribution in [0, 0.1) is 0 Å². The van der Waals surface area contributed by atoms with Gasteiger partial charge in [0.15, 0.2) is 0 Å². The highest BCUT2D eigenvalue weighted by molar-refractivity contribution is 5.93. The van der Waals surface area contributed by atoms with Crippen LogP contribution in [0.15, 0.2) is 84.0 Å². The van der Waals surface area contributed by atoms with Crippen molar-refractivity contribution in [3.05, 3.63) is 90.0 Å². The zero-order valence-electron chi connectivity index (χ0n) is 18.5. The van der Waals surface area contributed by atoms with Gasteiger partial charge < -0.3 is 14.8 Å². The van der Waals surface area contributed by atoms with Crippen LogP contribution in [0.3, 0.4) is 0 Å². The van der Waals surface area contributed by atoms with Crippen LogP contribution < -0.4 is 20.2 Å². The molecule has 170 valence electrons. The topological polar surface area (TPSA) is 89.0 Å². The Morgan fingerprint density at radius 1 is 0.848 bits per heavy atom. The van der Waals surface area contributed by atoms with E-state index in [2.05, 4.69) is 15.8 Å². The Morgan fingerprint density at radius 3 is 2.30 bits per heavy atom. The van der Waals surface area contributed by atoms with Gasteiger partial charge in [-0.05, 0) is 48.9 Å². The van der Waals surface area contributed by atoms with Crippen molar-refractivity contribution in [2.24, 2.45) is 5.10 Å². The molecule has 0 spiro atoms. The van der Waals surface area contributed by atoms with E-state index in [4.69, 9.17) is 9.47 Å². The molecule has 0 radical (unpaired) electrons. The van der Waals surface area contributed by atoms with Crippen LogP contribution in [-0.4, -0.2) is 24.6 Å². The fourth-order valence-corrected chi connectivity index (χ4v) is 2.94. The van der Waals surface area contributed by atoms with Crippen molar-refractivity contribution < 1.29 is 19.1 Å². The number of rotatable bonds is 11. The maximum atomic E-state index is 12.1. The first-order valence-electron chi connectivity index (χ1n) is 10.7. The number of para-hydroxylation sites is 1. The number of ether oxygens (including phenoxy) is 2. The van der Waals surface area contributed by atoms with Crippen LogP contribution >= 0.6 is 0 Å². The van der Waals surface area contributed by atoms with Crippen molar-refractivity contribution in [1.82, 2.24) is 5.43 Å². The Hall–Kier alpha value is -4.13. The molecule has 2 amide bonds. The van der Waals surface area contributed by atoms with E-state index in [1.54, 1.807) is 24.3 Å². The Bertz CT molecular complexity index is 1070. The summed E-state index contributed by atoms with van der Waals surface area (Å²) in [7, 11) is 0. The Morgan fingerprint density at radius 2 is 1.55 bits per heavy atom. The second-order valence-corrected chi connectivity index (χ2v) is 7.11. The third-order valence-electron chi connectivity index (χ3n) is 4.58. The zero-order valence-corrected chi connectivity index (χ0v) is 18.5. The van der Waals surface area contributed by atoms with Gasteiger partial charge in [0.2, 0.25) is 11.8 Å². The fourth-order valence-electron chi connectivity index (χ4n) is 2.94. The molecule has 33 heavy (non-hydrogen) atoms. The van der Waals surface area contributed by atoms with Crippen molar-refractivity contribution in [1.29, 1.82) is 0 Å². The van der Waals surface area contributed by atoms with Crippen molar-refractivity contribution in [2.75, 3.05) is 11.9 Å². The number of amides is 2. The van der Waals surface area contributed by atoms with Gasteiger partial charge in [-0.15, -0.1) is 0 Å². The summed E-state index contributed by atoms with van der Waals surface area (Å²) in [4.78, 5) is 24.1. The van der Waals surface area contributed by atoms with E-state index in [1.807, 2.05) is 61.5 Å². The van der Waals surface area contributed by atoms with Gasteiger partial charge in [0.25, 0.3) is 0 Å². The van der Waals surface area contributed by atoms with Crippen LogP contribution in [0.25, 0.3) is 0 Å². The molecule has 0 fully saturated rings. The Kier molecular flexibility index (Phi) is 9.03. The monoisotopic (exact) mass is 445 g/mol. The predicted octanol–water partition coefficient (Wildman–Crippen LogP) is 4.53. The summed E-state index contributed by atoms with van der Waals surface area (Å²) in [5, 5.41) is 6.75. The number of carbonyl (C=O) groups excluding carboxylic acids is 2. The molecule has 0 heterocycles. The average Bonchev–Trinajstić information content (AvgIpc) is 2.84. The molecule has 7 nitrogen and oxygen atoms in total. The third-order valence-corrected chi connectivity index (χ3v) is 4.58. The number of nitrogens with one attached hydrogen (secondary N) is 2. The number of hydrazone groups is 1. The number of hydrogen-bond donors (Lipinski definition) is 2. The molecule has 3 rings (SSSR count). The van der Waals surface area contributed by atoms with Crippen molar-refractivity contribution in [3.63, 3.8) is 0 Å². The molecule has 0 atom stereocenters. The standard InChI is InChI=1S/C26H27N3O4/c1-2-32-23-14-12-22(13-15-23)28-25(30)16-17-26(31)29-27-18-21-10-6-7-11-24(21)33-19-20-8-4-3-5-9-20/h3-15,18H,2,16-17,19H2,1H3,(H,28,30)(H,29,31)/b27-18+. The van der Waals surface area contributed by atoms with Gasteiger partial charge in [-0.25, -0.2) is 5.43 Å². The summed E-state index contributed by atoms with van der Waals surface area (Å²) < 4.78 is 11.2.